The third kappa shape index (κ3) is 1.64. The second-order valence-corrected chi connectivity index (χ2v) is 4.42. The van der Waals surface area contributed by atoms with E-state index in [1.54, 1.807) is 7.05 Å². The minimum atomic E-state index is 0.0330. The molecule has 2 saturated heterocycles. The first-order valence-electron chi connectivity index (χ1n) is 5.38. The van der Waals surface area contributed by atoms with E-state index in [2.05, 4.69) is 15.5 Å². The van der Waals surface area contributed by atoms with Crippen molar-refractivity contribution in [1.29, 1.82) is 0 Å². The predicted octanol–water partition coefficient (Wildman–Crippen LogP) is -0.728. The van der Waals surface area contributed by atoms with Crippen molar-refractivity contribution in [3.63, 3.8) is 0 Å². The van der Waals surface area contributed by atoms with Crippen molar-refractivity contribution in [3.8, 4) is 0 Å². The van der Waals surface area contributed by atoms with Crippen molar-refractivity contribution < 1.29 is 4.79 Å². The molecule has 0 spiro atoms. The van der Waals surface area contributed by atoms with Crippen LogP contribution in [0.25, 0.3) is 0 Å². The highest BCUT2D eigenvalue weighted by atomic mass is 16.2. The Hall–Kier alpha value is -0.610. The van der Waals surface area contributed by atoms with E-state index in [-0.39, 0.29) is 11.9 Å². The third-order valence-corrected chi connectivity index (χ3v) is 3.59. The van der Waals surface area contributed by atoms with Crippen LogP contribution >= 0.6 is 0 Å². The Morgan fingerprint density at radius 1 is 1.43 bits per heavy atom. The molecule has 1 amide bonds. The van der Waals surface area contributed by atoms with Crippen molar-refractivity contribution in [1.82, 2.24) is 15.5 Å². The van der Waals surface area contributed by atoms with Gasteiger partial charge in [-0.05, 0) is 31.8 Å². The standard InChI is InChI=1S/C10H19N3O/c1-7(10(14)11-2)13-5-8-3-12-4-9(8)6-13/h7-9,12H,3-6H2,1-2H3,(H,11,14)/t7?,8-,9+. The molecule has 4 nitrogen and oxygen atoms in total. The number of hydrogen-bond acceptors (Lipinski definition) is 3. The summed E-state index contributed by atoms with van der Waals surface area (Å²) >= 11 is 0. The summed E-state index contributed by atoms with van der Waals surface area (Å²) in [6.45, 7) is 6.40. The molecule has 0 bridgehead atoms. The van der Waals surface area contributed by atoms with Crippen LogP contribution in [0, 0.1) is 11.8 Å². The number of fused-ring (bicyclic) bond motifs is 1. The maximum absolute atomic E-state index is 11.5. The van der Waals surface area contributed by atoms with Gasteiger partial charge >= 0.3 is 0 Å². The zero-order valence-electron chi connectivity index (χ0n) is 8.92. The summed E-state index contributed by atoms with van der Waals surface area (Å²) in [5.74, 6) is 1.67. The first kappa shape index (κ1) is 9.93. The SMILES string of the molecule is CNC(=O)C(C)N1C[C@H]2CNC[C@H]2C1. The zero-order chi connectivity index (χ0) is 10.1. The Balaban J connectivity index is 1.92. The number of carbonyl (C=O) groups is 1. The molecule has 2 heterocycles. The van der Waals surface area contributed by atoms with E-state index in [1.807, 2.05) is 6.92 Å². The summed E-state index contributed by atoms with van der Waals surface area (Å²) in [5.41, 5.74) is 0. The molecule has 0 radical (unpaired) electrons. The van der Waals surface area contributed by atoms with Crippen molar-refractivity contribution >= 4 is 5.91 Å². The highest BCUT2D eigenvalue weighted by molar-refractivity contribution is 5.81. The second kappa shape index (κ2) is 3.87. The smallest absolute Gasteiger partial charge is 0.236 e. The molecular weight excluding hydrogens is 178 g/mol. The van der Waals surface area contributed by atoms with E-state index in [1.165, 1.54) is 0 Å². The van der Waals surface area contributed by atoms with Gasteiger partial charge in [-0.2, -0.15) is 0 Å². The maximum Gasteiger partial charge on any atom is 0.236 e. The van der Waals surface area contributed by atoms with E-state index in [4.69, 9.17) is 0 Å². The van der Waals surface area contributed by atoms with Gasteiger partial charge in [0, 0.05) is 20.1 Å². The number of likely N-dealkylation sites (tertiary alicyclic amines) is 1. The minimum Gasteiger partial charge on any atom is -0.358 e. The Labute approximate surface area is 85.0 Å². The lowest BCUT2D eigenvalue weighted by Crippen LogP contribution is -2.43. The first-order valence-corrected chi connectivity index (χ1v) is 5.38. The number of amides is 1. The molecular formula is C10H19N3O. The van der Waals surface area contributed by atoms with Gasteiger partial charge in [0.1, 0.15) is 0 Å². The fourth-order valence-corrected chi connectivity index (χ4v) is 2.58. The van der Waals surface area contributed by atoms with Gasteiger partial charge in [-0.3, -0.25) is 9.69 Å². The summed E-state index contributed by atoms with van der Waals surface area (Å²) in [7, 11) is 1.71. The van der Waals surface area contributed by atoms with E-state index < -0.39 is 0 Å². The van der Waals surface area contributed by atoms with Crippen molar-refractivity contribution in [3.05, 3.63) is 0 Å². The van der Waals surface area contributed by atoms with Gasteiger partial charge in [0.05, 0.1) is 6.04 Å². The van der Waals surface area contributed by atoms with Crippen LogP contribution in [0.15, 0.2) is 0 Å². The number of hydrogen-bond donors (Lipinski definition) is 2. The van der Waals surface area contributed by atoms with Crippen LogP contribution in [0.1, 0.15) is 6.92 Å². The molecule has 4 heteroatoms. The molecule has 0 aliphatic carbocycles. The van der Waals surface area contributed by atoms with E-state index >= 15 is 0 Å². The van der Waals surface area contributed by atoms with Gasteiger partial charge in [0.25, 0.3) is 0 Å². The summed E-state index contributed by atoms with van der Waals surface area (Å²) in [5, 5.41) is 6.11. The predicted molar refractivity (Wildman–Crippen MR) is 55.0 cm³/mol. The number of nitrogens with one attached hydrogen (secondary N) is 2. The van der Waals surface area contributed by atoms with E-state index in [0.29, 0.717) is 0 Å². The van der Waals surface area contributed by atoms with Crippen LogP contribution in [0.2, 0.25) is 0 Å². The van der Waals surface area contributed by atoms with Gasteiger partial charge in [-0.15, -0.1) is 0 Å². The average molecular weight is 197 g/mol. The quantitative estimate of drug-likeness (QED) is 0.613. The van der Waals surface area contributed by atoms with Gasteiger partial charge in [0.2, 0.25) is 5.91 Å². The molecule has 0 saturated carbocycles. The van der Waals surface area contributed by atoms with Crippen LogP contribution < -0.4 is 10.6 Å². The lowest BCUT2D eigenvalue weighted by Gasteiger charge is -2.23. The van der Waals surface area contributed by atoms with Gasteiger partial charge in [0.15, 0.2) is 0 Å². The topological polar surface area (TPSA) is 44.4 Å². The number of rotatable bonds is 2. The largest absolute Gasteiger partial charge is 0.358 e. The Bertz CT molecular complexity index is 219. The lowest BCUT2D eigenvalue weighted by atomic mass is 10.0. The summed E-state index contributed by atoms with van der Waals surface area (Å²) < 4.78 is 0. The Morgan fingerprint density at radius 3 is 2.50 bits per heavy atom. The molecule has 2 aliphatic rings. The highest BCUT2D eigenvalue weighted by Crippen LogP contribution is 2.27. The first-order chi connectivity index (χ1) is 6.72. The van der Waals surface area contributed by atoms with Crippen LogP contribution in [0.3, 0.4) is 0 Å². The molecule has 14 heavy (non-hydrogen) atoms. The van der Waals surface area contributed by atoms with Crippen LogP contribution in [-0.4, -0.2) is 50.1 Å². The molecule has 2 N–H and O–H groups in total. The molecule has 80 valence electrons. The van der Waals surface area contributed by atoms with Crippen molar-refractivity contribution in [2.45, 2.75) is 13.0 Å². The minimum absolute atomic E-state index is 0.0330. The van der Waals surface area contributed by atoms with Gasteiger partial charge in [-0.1, -0.05) is 0 Å². The normalized spacial score (nSPS) is 34.1. The van der Waals surface area contributed by atoms with E-state index in [9.17, 15) is 4.79 Å². The second-order valence-electron chi connectivity index (χ2n) is 4.42. The Kier molecular flexibility index (Phi) is 2.74. The van der Waals surface area contributed by atoms with Crippen LogP contribution in [0.4, 0.5) is 0 Å². The monoisotopic (exact) mass is 197 g/mol. The van der Waals surface area contributed by atoms with Crippen LogP contribution in [-0.2, 0) is 4.79 Å². The Morgan fingerprint density at radius 2 is 2.00 bits per heavy atom. The zero-order valence-corrected chi connectivity index (χ0v) is 8.92. The molecule has 0 aromatic rings. The molecule has 2 fully saturated rings. The average Bonchev–Trinajstić information content (AvgIpc) is 2.74. The van der Waals surface area contributed by atoms with Crippen molar-refractivity contribution in [2.75, 3.05) is 33.2 Å². The van der Waals surface area contributed by atoms with E-state index in [0.717, 1.165) is 38.0 Å². The summed E-state index contributed by atoms with van der Waals surface area (Å²) in [4.78, 5) is 13.8. The maximum atomic E-state index is 11.5. The summed E-state index contributed by atoms with van der Waals surface area (Å²) in [6, 6.07) is 0.0330. The molecule has 0 aromatic heterocycles. The van der Waals surface area contributed by atoms with Crippen molar-refractivity contribution in [2.24, 2.45) is 11.8 Å². The fraction of sp³-hybridized carbons (Fsp3) is 0.900. The molecule has 2 rings (SSSR count). The van der Waals surface area contributed by atoms with Gasteiger partial charge in [-0.25, -0.2) is 0 Å². The fourth-order valence-electron chi connectivity index (χ4n) is 2.58. The molecule has 2 aliphatic heterocycles. The summed E-state index contributed by atoms with van der Waals surface area (Å²) in [6.07, 6.45) is 0. The number of nitrogens with zero attached hydrogens (tertiary/aromatic N) is 1. The van der Waals surface area contributed by atoms with Crippen LogP contribution in [0.5, 0.6) is 0 Å². The molecule has 0 aromatic carbocycles. The third-order valence-electron chi connectivity index (χ3n) is 3.59. The molecule has 1 unspecified atom stereocenters. The molecule has 3 atom stereocenters. The number of carbonyl (C=O) groups excluding carboxylic acids is 1. The number of likely N-dealkylation sites (N-methyl/N-ethyl adjacent to an activating group) is 1. The van der Waals surface area contributed by atoms with Gasteiger partial charge < -0.3 is 10.6 Å². The highest BCUT2D eigenvalue weighted by Gasteiger charge is 2.38. The lowest BCUT2D eigenvalue weighted by molar-refractivity contribution is -0.125.